The fourth-order valence-electron chi connectivity index (χ4n) is 2.64. The molecule has 2 N–H and O–H groups in total. The SMILES string of the molecule is Cc1ccccc1NC(=O)CN(C)C(=O)c1c[nH]c2ccccc12. The van der Waals surface area contributed by atoms with Crippen molar-refractivity contribution in [3.63, 3.8) is 0 Å². The average molecular weight is 321 g/mol. The quantitative estimate of drug-likeness (QED) is 0.775. The number of nitrogens with zero attached hydrogens (tertiary/aromatic N) is 1. The lowest BCUT2D eigenvalue weighted by Crippen LogP contribution is -2.34. The number of carbonyl (C=O) groups excluding carboxylic acids is 2. The predicted octanol–water partition coefficient (Wildman–Crippen LogP) is 3.19. The monoisotopic (exact) mass is 321 g/mol. The molecule has 5 nitrogen and oxygen atoms in total. The zero-order valence-corrected chi connectivity index (χ0v) is 13.7. The molecule has 3 aromatic rings. The number of H-pyrrole nitrogens is 1. The summed E-state index contributed by atoms with van der Waals surface area (Å²) in [5.41, 5.74) is 3.21. The third-order valence-electron chi connectivity index (χ3n) is 3.97. The zero-order chi connectivity index (χ0) is 17.1. The molecule has 0 atom stereocenters. The normalized spacial score (nSPS) is 10.6. The van der Waals surface area contributed by atoms with Crippen molar-refractivity contribution in [2.75, 3.05) is 18.9 Å². The van der Waals surface area contributed by atoms with Crippen LogP contribution in [0.25, 0.3) is 10.9 Å². The number of amides is 2. The van der Waals surface area contributed by atoms with Crippen molar-refractivity contribution in [1.82, 2.24) is 9.88 Å². The second kappa shape index (κ2) is 6.58. The van der Waals surface area contributed by atoms with Gasteiger partial charge in [0.1, 0.15) is 0 Å². The lowest BCUT2D eigenvalue weighted by atomic mass is 10.1. The standard InChI is InChI=1S/C19H19N3O2/c1-13-7-3-5-9-16(13)21-18(23)12-22(2)19(24)15-11-20-17-10-6-4-8-14(15)17/h3-11,20H,12H2,1-2H3,(H,21,23). The molecule has 0 radical (unpaired) electrons. The largest absolute Gasteiger partial charge is 0.360 e. The first-order chi connectivity index (χ1) is 11.6. The molecular formula is C19H19N3O2. The Bertz CT molecular complexity index is 898. The predicted molar refractivity (Wildman–Crippen MR) is 95.1 cm³/mol. The van der Waals surface area contributed by atoms with Gasteiger partial charge in [-0.05, 0) is 24.6 Å². The van der Waals surface area contributed by atoms with E-state index in [9.17, 15) is 9.59 Å². The van der Waals surface area contributed by atoms with Crippen LogP contribution in [0.15, 0.2) is 54.7 Å². The highest BCUT2D eigenvalue weighted by molar-refractivity contribution is 6.08. The number of anilines is 1. The lowest BCUT2D eigenvalue weighted by Gasteiger charge is -2.17. The molecular weight excluding hydrogens is 302 g/mol. The number of para-hydroxylation sites is 2. The molecule has 1 heterocycles. The minimum Gasteiger partial charge on any atom is -0.360 e. The fourth-order valence-corrected chi connectivity index (χ4v) is 2.64. The third-order valence-corrected chi connectivity index (χ3v) is 3.97. The Morgan fingerprint density at radius 2 is 1.79 bits per heavy atom. The molecule has 24 heavy (non-hydrogen) atoms. The molecule has 0 saturated carbocycles. The van der Waals surface area contributed by atoms with Gasteiger partial charge in [0.2, 0.25) is 5.91 Å². The maximum Gasteiger partial charge on any atom is 0.256 e. The number of fused-ring (bicyclic) bond motifs is 1. The van der Waals surface area contributed by atoms with Crippen LogP contribution in [0.1, 0.15) is 15.9 Å². The molecule has 0 fully saturated rings. The van der Waals surface area contributed by atoms with E-state index in [-0.39, 0.29) is 18.4 Å². The Hall–Kier alpha value is -3.08. The number of hydrogen-bond acceptors (Lipinski definition) is 2. The molecule has 5 heteroatoms. The second-order valence-electron chi connectivity index (χ2n) is 5.77. The van der Waals surface area contributed by atoms with E-state index in [0.717, 1.165) is 22.2 Å². The maximum absolute atomic E-state index is 12.6. The number of likely N-dealkylation sites (N-methyl/N-ethyl adjacent to an activating group) is 1. The first-order valence-corrected chi connectivity index (χ1v) is 7.73. The lowest BCUT2D eigenvalue weighted by molar-refractivity contribution is -0.116. The summed E-state index contributed by atoms with van der Waals surface area (Å²) < 4.78 is 0. The van der Waals surface area contributed by atoms with E-state index >= 15 is 0 Å². The summed E-state index contributed by atoms with van der Waals surface area (Å²) in [4.78, 5) is 29.3. The van der Waals surface area contributed by atoms with Gasteiger partial charge in [0, 0.05) is 29.8 Å². The highest BCUT2D eigenvalue weighted by Crippen LogP contribution is 2.19. The fraction of sp³-hybridized carbons (Fsp3) is 0.158. The van der Waals surface area contributed by atoms with Crippen LogP contribution in [0.4, 0.5) is 5.69 Å². The molecule has 0 aliphatic carbocycles. The molecule has 122 valence electrons. The smallest absolute Gasteiger partial charge is 0.256 e. The summed E-state index contributed by atoms with van der Waals surface area (Å²) in [7, 11) is 1.63. The molecule has 0 aliphatic heterocycles. The zero-order valence-electron chi connectivity index (χ0n) is 13.7. The molecule has 2 aromatic carbocycles. The van der Waals surface area contributed by atoms with Gasteiger partial charge in [0.15, 0.2) is 0 Å². The van der Waals surface area contributed by atoms with E-state index in [2.05, 4.69) is 10.3 Å². The number of rotatable bonds is 4. The molecule has 0 saturated heterocycles. The van der Waals surface area contributed by atoms with E-state index in [0.29, 0.717) is 5.56 Å². The first kappa shape index (κ1) is 15.8. The van der Waals surface area contributed by atoms with Crippen molar-refractivity contribution in [3.8, 4) is 0 Å². The summed E-state index contributed by atoms with van der Waals surface area (Å²) >= 11 is 0. The number of aromatic amines is 1. The van der Waals surface area contributed by atoms with Crippen LogP contribution in [0.2, 0.25) is 0 Å². The first-order valence-electron chi connectivity index (χ1n) is 7.73. The van der Waals surface area contributed by atoms with Crippen LogP contribution < -0.4 is 5.32 Å². The van der Waals surface area contributed by atoms with Gasteiger partial charge in [-0.2, -0.15) is 0 Å². The summed E-state index contributed by atoms with van der Waals surface area (Å²) in [6, 6.07) is 15.1. The molecule has 0 aliphatic rings. The molecule has 1 aromatic heterocycles. The van der Waals surface area contributed by atoms with E-state index < -0.39 is 0 Å². The van der Waals surface area contributed by atoms with Gasteiger partial charge in [-0.25, -0.2) is 0 Å². The van der Waals surface area contributed by atoms with Gasteiger partial charge in [0.05, 0.1) is 12.1 Å². The van der Waals surface area contributed by atoms with Crippen LogP contribution in [-0.2, 0) is 4.79 Å². The average Bonchev–Trinajstić information content (AvgIpc) is 3.00. The van der Waals surface area contributed by atoms with Crippen LogP contribution >= 0.6 is 0 Å². The van der Waals surface area contributed by atoms with Gasteiger partial charge in [-0.15, -0.1) is 0 Å². The van der Waals surface area contributed by atoms with Gasteiger partial charge < -0.3 is 15.2 Å². The van der Waals surface area contributed by atoms with Crippen molar-refractivity contribution in [2.24, 2.45) is 0 Å². The molecule has 3 rings (SSSR count). The van der Waals surface area contributed by atoms with E-state index in [1.807, 2.05) is 55.5 Å². The van der Waals surface area contributed by atoms with E-state index in [4.69, 9.17) is 0 Å². The van der Waals surface area contributed by atoms with Crippen molar-refractivity contribution < 1.29 is 9.59 Å². The van der Waals surface area contributed by atoms with Crippen molar-refractivity contribution in [2.45, 2.75) is 6.92 Å². The number of nitrogens with one attached hydrogen (secondary N) is 2. The number of aromatic nitrogens is 1. The highest BCUT2D eigenvalue weighted by Gasteiger charge is 2.18. The number of carbonyl (C=O) groups is 2. The van der Waals surface area contributed by atoms with Crippen molar-refractivity contribution in [3.05, 3.63) is 65.9 Å². The molecule has 2 amide bonds. The Balaban J connectivity index is 1.70. The highest BCUT2D eigenvalue weighted by atomic mass is 16.2. The topological polar surface area (TPSA) is 65.2 Å². The van der Waals surface area contributed by atoms with E-state index in [1.165, 1.54) is 4.90 Å². The van der Waals surface area contributed by atoms with Crippen molar-refractivity contribution in [1.29, 1.82) is 0 Å². The molecule has 0 bridgehead atoms. The van der Waals surface area contributed by atoms with Gasteiger partial charge in [0.25, 0.3) is 5.91 Å². The Morgan fingerprint density at radius 1 is 1.08 bits per heavy atom. The van der Waals surface area contributed by atoms with Crippen LogP contribution in [-0.4, -0.2) is 35.3 Å². The van der Waals surface area contributed by atoms with Gasteiger partial charge in [-0.3, -0.25) is 9.59 Å². The summed E-state index contributed by atoms with van der Waals surface area (Å²) in [5, 5.41) is 3.69. The maximum atomic E-state index is 12.6. The molecule has 0 unspecified atom stereocenters. The van der Waals surface area contributed by atoms with Crippen LogP contribution in [0.5, 0.6) is 0 Å². The summed E-state index contributed by atoms with van der Waals surface area (Å²) in [6.45, 7) is 1.92. The molecule has 0 spiro atoms. The Labute approximate surface area is 140 Å². The van der Waals surface area contributed by atoms with Gasteiger partial charge >= 0.3 is 0 Å². The number of aryl methyl sites for hydroxylation is 1. The third kappa shape index (κ3) is 3.15. The van der Waals surface area contributed by atoms with Crippen molar-refractivity contribution >= 4 is 28.4 Å². The second-order valence-corrected chi connectivity index (χ2v) is 5.77. The Kier molecular flexibility index (Phi) is 4.33. The number of benzene rings is 2. The summed E-state index contributed by atoms with van der Waals surface area (Å²) in [6.07, 6.45) is 1.68. The van der Waals surface area contributed by atoms with E-state index in [1.54, 1.807) is 13.2 Å². The minimum absolute atomic E-state index is 0.00727. The number of hydrogen-bond donors (Lipinski definition) is 2. The van der Waals surface area contributed by atoms with Crippen LogP contribution in [0, 0.1) is 6.92 Å². The minimum atomic E-state index is -0.222. The summed E-state index contributed by atoms with van der Waals surface area (Å²) in [5.74, 6) is -0.410. The Morgan fingerprint density at radius 3 is 2.58 bits per heavy atom. The van der Waals surface area contributed by atoms with Crippen LogP contribution in [0.3, 0.4) is 0 Å². The van der Waals surface area contributed by atoms with Gasteiger partial charge in [-0.1, -0.05) is 36.4 Å².